The maximum Gasteiger partial charge on any atom is 0.337 e. The SMILES string of the molecule is COC(=O)C(C)(C)OCc1cc(-c2cccc(OC3CC3)c2)n(-c2cccc3cnn(COCC[Si](C)(C)C)c23)n1. The number of aromatic nitrogens is 4. The molecule has 2 heterocycles. The number of ether oxygens (including phenoxy) is 4. The van der Waals surface area contributed by atoms with E-state index in [-0.39, 0.29) is 6.61 Å². The van der Waals surface area contributed by atoms with Gasteiger partial charge in [0.05, 0.1) is 48.6 Å². The minimum atomic E-state index is -1.20. The van der Waals surface area contributed by atoms with Crippen molar-refractivity contribution in [3.8, 4) is 22.7 Å². The molecule has 0 aliphatic heterocycles. The van der Waals surface area contributed by atoms with Crippen LogP contribution >= 0.6 is 0 Å². The molecule has 0 amide bonds. The third-order valence-corrected chi connectivity index (χ3v) is 8.76. The Morgan fingerprint density at radius 2 is 1.88 bits per heavy atom. The van der Waals surface area contributed by atoms with Gasteiger partial charge in [-0.1, -0.05) is 43.9 Å². The molecule has 5 rings (SSSR count). The summed E-state index contributed by atoms with van der Waals surface area (Å²) >= 11 is 0. The maximum atomic E-state index is 12.2. The molecular weight excluding hydrogens is 536 g/mol. The molecule has 10 heteroatoms. The first kappa shape index (κ1) is 29.0. The monoisotopic (exact) mass is 576 g/mol. The number of rotatable bonds is 13. The summed E-state index contributed by atoms with van der Waals surface area (Å²) < 4.78 is 26.9. The summed E-state index contributed by atoms with van der Waals surface area (Å²) in [5.41, 5.74) is 3.21. The van der Waals surface area contributed by atoms with Crippen LogP contribution in [0.4, 0.5) is 0 Å². The summed E-state index contributed by atoms with van der Waals surface area (Å²) in [5, 5.41) is 10.6. The fourth-order valence-corrected chi connectivity index (χ4v) is 5.23. The van der Waals surface area contributed by atoms with Gasteiger partial charge in [-0.25, -0.2) is 14.2 Å². The Morgan fingerprint density at radius 1 is 1.10 bits per heavy atom. The molecule has 1 saturated carbocycles. The van der Waals surface area contributed by atoms with Crippen LogP contribution in [-0.2, 0) is 32.3 Å². The van der Waals surface area contributed by atoms with E-state index in [4.69, 9.17) is 24.0 Å². The van der Waals surface area contributed by atoms with E-state index in [1.807, 2.05) is 64.1 Å². The molecule has 0 N–H and O–H groups in total. The lowest BCUT2D eigenvalue weighted by molar-refractivity contribution is -0.166. The molecule has 2 aromatic carbocycles. The molecule has 2 aromatic heterocycles. The zero-order valence-corrected chi connectivity index (χ0v) is 25.8. The second kappa shape index (κ2) is 11.8. The summed E-state index contributed by atoms with van der Waals surface area (Å²) in [4.78, 5) is 12.2. The Bertz CT molecular complexity index is 1520. The van der Waals surface area contributed by atoms with Crippen molar-refractivity contribution in [2.75, 3.05) is 13.7 Å². The van der Waals surface area contributed by atoms with Gasteiger partial charge >= 0.3 is 5.97 Å². The number of methoxy groups -OCH3 is 1. The highest BCUT2D eigenvalue weighted by Gasteiger charge is 2.30. The summed E-state index contributed by atoms with van der Waals surface area (Å²) in [5.74, 6) is 0.395. The normalized spacial score (nSPS) is 14.0. The molecule has 1 aliphatic carbocycles. The van der Waals surface area contributed by atoms with Gasteiger partial charge in [-0.3, -0.25) is 0 Å². The summed E-state index contributed by atoms with van der Waals surface area (Å²) in [6.45, 7) is 11.6. The number of nitrogens with zero attached hydrogens (tertiary/aromatic N) is 4. The third-order valence-electron chi connectivity index (χ3n) is 7.05. The molecule has 218 valence electrons. The number of para-hydroxylation sites is 1. The molecule has 41 heavy (non-hydrogen) atoms. The molecule has 0 radical (unpaired) electrons. The quantitative estimate of drug-likeness (QED) is 0.106. The van der Waals surface area contributed by atoms with Crippen molar-refractivity contribution in [2.45, 2.75) is 77.4 Å². The molecule has 0 spiro atoms. The summed E-state index contributed by atoms with van der Waals surface area (Å²) in [7, 11) is 0.156. The van der Waals surface area contributed by atoms with Gasteiger partial charge in [-0.2, -0.15) is 10.2 Å². The number of benzene rings is 2. The van der Waals surface area contributed by atoms with Gasteiger partial charge in [-0.15, -0.1) is 0 Å². The van der Waals surface area contributed by atoms with Crippen molar-refractivity contribution in [3.63, 3.8) is 0 Å². The first-order valence-electron chi connectivity index (χ1n) is 14.2. The fourth-order valence-electron chi connectivity index (χ4n) is 4.48. The van der Waals surface area contributed by atoms with E-state index in [9.17, 15) is 4.79 Å². The number of hydrogen-bond donors (Lipinski definition) is 0. The standard InChI is InChI=1S/C31H40N4O5Si/c1-31(2,30(36)37-3)39-20-24-18-28(22-9-7-11-26(17-22)40-25-13-14-25)35(33-24)27-12-8-10-23-19-32-34(29(23)27)21-38-15-16-41(4,5)6/h7-12,17-19,25H,13-16,20-21H2,1-6H3. The van der Waals surface area contributed by atoms with E-state index in [0.29, 0.717) is 25.1 Å². The molecule has 1 aliphatic rings. The predicted octanol–water partition coefficient (Wildman–Crippen LogP) is 6.21. The maximum absolute atomic E-state index is 12.2. The predicted molar refractivity (Wildman–Crippen MR) is 161 cm³/mol. The number of carbonyl (C=O) groups excluding carboxylic acids is 1. The van der Waals surface area contributed by atoms with Crippen molar-refractivity contribution in [2.24, 2.45) is 0 Å². The zero-order valence-electron chi connectivity index (χ0n) is 24.8. The van der Waals surface area contributed by atoms with Crippen LogP contribution in [0.3, 0.4) is 0 Å². The lowest BCUT2D eigenvalue weighted by Gasteiger charge is -2.21. The Morgan fingerprint density at radius 3 is 2.61 bits per heavy atom. The molecule has 0 saturated heterocycles. The van der Waals surface area contributed by atoms with Crippen molar-refractivity contribution in [3.05, 3.63) is 60.4 Å². The van der Waals surface area contributed by atoms with Crippen LogP contribution in [-0.4, -0.2) is 59.0 Å². The van der Waals surface area contributed by atoms with Crippen LogP contribution in [0.1, 0.15) is 32.4 Å². The molecule has 0 bridgehead atoms. The van der Waals surface area contributed by atoms with E-state index in [1.54, 1.807) is 13.8 Å². The van der Waals surface area contributed by atoms with Gasteiger partial charge in [-0.05, 0) is 57.0 Å². The van der Waals surface area contributed by atoms with Gasteiger partial charge < -0.3 is 18.9 Å². The second-order valence-corrected chi connectivity index (χ2v) is 17.9. The van der Waals surface area contributed by atoms with Crippen LogP contribution in [0.5, 0.6) is 5.75 Å². The smallest absolute Gasteiger partial charge is 0.337 e. The lowest BCUT2D eigenvalue weighted by Crippen LogP contribution is -2.35. The molecule has 0 unspecified atom stereocenters. The summed E-state index contributed by atoms with van der Waals surface area (Å²) in [6.07, 6.45) is 4.33. The van der Waals surface area contributed by atoms with Crippen LogP contribution in [0.15, 0.2) is 54.7 Å². The van der Waals surface area contributed by atoms with Gasteiger partial charge in [0.25, 0.3) is 0 Å². The fraction of sp³-hybridized carbons (Fsp3) is 0.452. The molecule has 9 nitrogen and oxygen atoms in total. The molecule has 1 fully saturated rings. The third kappa shape index (κ3) is 7.06. The van der Waals surface area contributed by atoms with Gasteiger partial charge in [0.1, 0.15) is 12.5 Å². The molecular formula is C31H40N4O5Si. The van der Waals surface area contributed by atoms with Crippen molar-refractivity contribution < 1.29 is 23.7 Å². The Balaban J connectivity index is 1.52. The van der Waals surface area contributed by atoms with E-state index in [1.165, 1.54) is 7.11 Å². The lowest BCUT2D eigenvalue weighted by atomic mass is 10.1. The highest BCUT2D eigenvalue weighted by Crippen LogP contribution is 2.33. The number of esters is 1. The number of carbonyl (C=O) groups is 1. The minimum Gasteiger partial charge on any atom is -0.490 e. The van der Waals surface area contributed by atoms with Crippen LogP contribution < -0.4 is 4.74 Å². The second-order valence-electron chi connectivity index (χ2n) is 12.3. The van der Waals surface area contributed by atoms with E-state index in [2.05, 4.69) is 24.7 Å². The summed E-state index contributed by atoms with van der Waals surface area (Å²) in [6, 6.07) is 17.2. The highest BCUT2D eigenvalue weighted by molar-refractivity contribution is 6.76. The zero-order chi connectivity index (χ0) is 29.2. The Kier molecular flexibility index (Phi) is 8.35. The van der Waals surface area contributed by atoms with Crippen molar-refractivity contribution in [1.82, 2.24) is 19.6 Å². The topological polar surface area (TPSA) is 89.6 Å². The molecule has 4 aromatic rings. The van der Waals surface area contributed by atoms with E-state index in [0.717, 1.165) is 52.5 Å². The largest absolute Gasteiger partial charge is 0.490 e. The van der Waals surface area contributed by atoms with Crippen molar-refractivity contribution >= 4 is 24.9 Å². The van der Waals surface area contributed by atoms with Crippen molar-refractivity contribution in [1.29, 1.82) is 0 Å². The van der Waals surface area contributed by atoms with Gasteiger partial charge in [0, 0.05) is 25.6 Å². The van der Waals surface area contributed by atoms with E-state index >= 15 is 0 Å². The average Bonchev–Trinajstić information content (AvgIpc) is 3.49. The van der Waals surface area contributed by atoms with Crippen LogP contribution in [0.25, 0.3) is 27.8 Å². The van der Waals surface area contributed by atoms with Gasteiger partial charge in [0.2, 0.25) is 0 Å². The minimum absolute atomic E-state index is 0.134. The van der Waals surface area contributed by atoms with Crippen LogP contribution in [0, 0.1) is 0 Å². The van der Waals surface area contributed by atoms with Gasteiger partial charge in [0.15, 0.2) is 5.60 Å². The number of hydrogen-bond acceptors (Lipinski definition) is 7. The van der Waals surface area contributed by atoms with Crippen LogP contribution in [0.2, 0.25) is 25.7 Å². The van der Waals surface area contributed by atoms with E-state index < -0.39 is 19.6 Å². The Labute approximate surface area is 242 Å². The highest BCUT2D eigenvalue weighted by atomic mass is 28.3. The first-order valence-corrected chi connectivity index (χ1v) is 17.9. The Hall–Kier alpha value is -3.47. The first-order chi connectivity index (χ1) is 19.5. The number of fused-ring (bicyclic) bond motifs is 1. The average molecular weight is 577 g/mol. The molecule has 0 atom stereocenters.